The first-order chi connectivity index (χ1) is 12.0. The summed E-state index contributed by atoms with van der Waals surface area (Å²) >= 11 is 5.99. The third-order valence-corrected chi connectivity index (χ3v) is 4.44. The number of ether oxygens (including phenoxy) is 1. The molecule has 2 unspecified atom stereocenters. The summed E-state index contributed by atoms with van der Waals surface area (Å²) in [5.41, 5.74) is 8.29. The van der Waals surface area contributed by atoms with Crippen LogP contribution in [0.1, 0.15) is 23.6 Å². The highest BCUT2D eigenvalue weighted by Crippen LogP contribution is 2.31. The Bertz CT molecular complexity index is 797. The second-order valence-corrected chi connectivity index (χ2v) is 6.46. The van der Waals surface area contributed by atoms with E-state index in [1.165, 1.54) is 7.11 Å². The summed E-state index contributed by atoms with van der Waals surface area (Å²) in [5.74, 6) is 0.551. The molecule has 0 radical (unpaired) electrons. The zero-order valence-electron chi connectivity index (χ0n) is 14.0. The van der Waals surface area contributed by atoms with E-state index in [1.54, 1.807) is 24.3 Å². The largest absolute Gasteiger partial charge is 0.508 e. The highest BCUT2D eigenvalue weighted by Gasteiger charge is 2.31. The molecule has 3 rings (SSSR count). The van der Waals surface area contributed by atoms with Crippen LogP contribution in [0.25, 0.3) is 0 Å². The van der Waals surface area contributed by atoms with Crippen LogP contribution in [-0.2, 0) is 4.79 Å². The topological polar surface area (TPSA) is 82.6 Å². The zero-order valence-corrected chi connectivity index (χ0v) is 14.7. The Morgan fingerprint density at radius 3 is 2.80 bits per heavy atom. The second-order valence-electron chi connectivity index (χ2n) is 6.03. The molecule has 2 aromatic rings. The lowest BCUT2D eigenvalue weighted by molar-refractivity contribution is -0.117. The molecule has 1 aliphatic heterocycles. The molecule has 6 nitrogen and oxygen atoms in total. The summed E-state index contributed by atoms with van der Waals surface area (Å²) in [6, 6.07) is 9.94. The minimum Gasteiger partial charge on any atom is -0.508 e. The molecule has 0 bridgehead atoms. The van der Waals surface area contributed by atoms with Gasteiger partial charge in [-0.1, -0.05) is 23.7 Å². The van der Waals surface area contributed by atoms with Gasteiger partial charge in [-0.2, -0.15) is 0 Å². The number of hydrazine groups is 1. The number of phenolic OH excluding ortho intramolecular Hbond substituents is 1. The number of aryl methyl sites for hydroxylation is 1. The van der Waals surface area contributed by atoms with E-state index < -0.39 is 6.04 Å². The van der Waals surface area contributed by atoms with E-state index in [0.29, 0.717) is 22.9 Å². The quantitative estimate of drug-likeness (QED) is 0.673. The average molecular weight is 362 g/mol. The first-order valence-electron chi connectivity index (χ1n) is 7.93. The van der Waals surface area contributed by atoms with E-state index in [-0.39, 0.29) is 17.7 Å². The van der Waals surface area contributed by atoms with E-state index in [2.05, 4.69) is 16.2 Å². The van der Waals surface area contributed by atoms with Crippen molar-refractivity contribution in [3.8, 4) is 11.5 Å². The Balaban J connectivity index is 1.70. The van der Waals surface area contributed by atoms with E-state index in [1.807, 2.05) is 19.1 Å². The van der Waals surface area contributed by atoms with Gasteiger partial charge in [0.2, 0.25) is 5.91 Å². The Labute approximate surface area is 151 Å². The number of rotatable bonds is 4. The third-order valence-electron chi connectivity index (χ3n) is 4.20. The molecule has 1 amide bonds. The molecule has 0 aliphatic carbocycles. The van der Waals surface area contributed by atoms with Crippen molar-refractivity contribution in [2.45, 2.75) is 25.4 Å². The predicted molar refractivity (Wildman–Crippen MR) is 96.9 cm³/mol. The second kappa shape index (κ2) is 7.31. The molecule has 1 saturated heterocycles. The summed E-state index contributed by atoms with van der Waals surface area (Å²) in [5, 5.41) is 13.4. The molecule has 25 heavy (non-hydrogen) atoms. The van der Waals surface area contributed by atoms with Crippen molar-refractivity contribution in [2.24, 2.45) is 0 Å². The predicted octanol–water partition coefficient (Wildman–Crippen LogP) is 2.91. The van der Waals surface area contributed by atoms with Crippen molar-refractivity contribution < 1.29 is 14.6 Å². The Morgan fingerprint density at radius 1 is 1.28 bits per heavy atom. The third kappa shape index (κ3) is 3.87. The minimum atomic E-state index is -0.450. The molecule has 4 N–H and O–H groups in total. The van der Waals surface area contributed by atoms with Gasteiger partial charge >= 0.3 is 0 Å². The van der Waals surface area contributed by atoms with Gasteiger partial charge in [-0.15, -0.1) is 0 Å². The van der Waals surface area contributed by atoms with Crippen LogP contribution in [0.15, 0.2) is 36.4 Å². The molecule has 2 atom stereocenters. The lowest BCUT2D eigenvalue weighted by Gasteiger charge is -2.14. The normalized spacial score (nSPS) is 19.6. The first kappa shape index (κ1) is 17.5. The Kier molecular flexibility index (Phi) is 5.13. The van der Waals surface area contributed by atoms with Gasteiger partial charge in [0, 0.05) is 10.6 Å². The molecule has 0 aromatic heterocycles. The molecule has 0 spiro atoms. The minimum absolute atomic E-state index is 0.155. The lowest BCUT2D eigenvalue weighted by Crippen LogP contribution is -2.39. The number of amides is 1. The molecule has 1 heterocycles. The SMILES string of the molecule is COc1ccc(Cl)cc1NC(=O)C1CC(c2ccc(C)cc2O)NN1. The maximum atomic E-state index is 12.5. The number of hydrogen-bond donors (Lipinski definition) is 4. The van der Waals surface area contributed by atoms with Crippen LogP contribution in [0.3, 0.4) is 0 Å². The fraction of sp³-hybridized carbons (Fsp3) is 0.278. The van der Waals surface area contributed by atoms with Gasteiger partial charge in [0.1, 0.15) is 17.5 Å². The van der Waals surface area contributed by atoms with Crippen molar-refractivity contribution in [1.82, 2.24) is 10.9 Å². The zero-order chi connectivity index (χ0) is 18.0. The van der Waals surface area contributed by atoms with E-state index in [4.69, 9.17) is 16.3 Å². The monoisotopic (exact) mass is 361 g/mol. The van der Waals surface area contributed by atoms with Crippen molar-refractivity contribution in [3.63, 3.8) is 0 Å². The van der Waals surface area contributed by atoms with Gasteiger partial charge in [-0.05, 0) is 43.2 Å². The average Bonchev–Trinajstić information content (AvgIpc) is 3.05. The number of methoxy groups -OCH3 is 1. The summed E-state index contributed by atoms with van der Waals surface area (Å²) in [7, 11) is 1.53. The number of phenols is 1. The summed E-state index contributed by atoms with van der Waals surface area (Å²) in [6.45, 7) is 1.92. The number of halogens is 1. The Morgan fingerprint density at radius 2 is 2.08 bits per heavy atom. The van der Waals surface area contributed by atoms with Gasteiger partial charge in [-0.3, -0.25) is 4.79 Å². The van der Waals surface area contributed by atoms with Crippen LogP contribution >= 0.6 is 11.6 Å². The number of aromatic hydroxyl groups is 1. The number of carbonyl (C=O) groups excluding carboxylic acids is 1. The summed E-state index contributed by atoms with van der Waals surface area (Å²) in [6.07, 6.45) is 0.505. The fourth-order valence-electron chi connectivity index (χ4n) is 2.88. The van der Waals surface area contributed by atoms with Gasteiger partial charge in [0.05, 0.1) is 18.8 Å². The van der Waals surface area contributed by atoms with Crippen LogP contribution in [0.5, 0.6) is 11.5 Å². The number of nitrogens with one attached hydrogen (secondary N) is 3. The molecular weight excluding hydrogens is 342 g/mol. The Hall–Kier alpha value is -2.28. The lowest BCUT2D eigenvalue weighted by atomic mass is 9.99. The standard InChI is InChI=1S/C18H20ClN3O3/c1-10-3-5-12(16(23)7-10)13-9-15(22-21-13)18(24)20-14-8-11(19)4-6-17(14)25-2/h3-8,13,15,21-23H,9H2,1-2H3,(H,20,24). The van der Waals surface area contributed by atoms with E-state index >= 15 is 0 Å². The van der Waals surface area contributed by atoms with Crippen LogP contribution in [-0.4, -0.2) is 24.2 Å². The number of hydrogen-bond acceptors (Lipinski definition) is 5. The van der Waals surface area contributed by atoms with Crippen LogP contribution in [0, 0.1) is 6.92 Å². The summed E-state index contributed by atoms with van der Waals surface area (Å²) in [4.78, 5) is 12.5. The highest BCUT2D eigenvalue weighted by molar-refractivity contribution is 6.31. The van der Waals surface area contributed by atoms with Crippen molar-refractivity contribution in [2.75, 3.05) is 12.4 Å². The van der Waals surface area contributed by atoms with Crippen molar-refractivity contribution >= 4 is 23.2 Å². The molecular formula is C18H20ClN3O3. The fourth-order valence-corrected chi connectivity index (χ4v) is 3.05. The first-order valence-corrected chi connectivity index (χ1v) is 8.30. The van der Waals surface area contributed by atoms with E-state index in [9.17, 15) is 9.90 Å². The maximum absolute atomic E-state index is 12.5. The smallest absolute Gasteiger partial charge is 0.243 e. The molecule has 0 saturated carbocycles. The molecule has 2 aromatic carbocycles. The highest BCUT2D eigenvalue weighted by atomic mass is 35.5. The molecule has 7 heteroatoms. The van der Waals surface area contributed by atoms with Crippen molar-refractivity contribution in [1.29, 1.82) is 0 Å². The molecule has 1 fully saturated rings. The van der Waals surface area contributed by atoms with Gasteiger partial charge in [0.25, 0.3) is 0 Å². The van der Waals surface area contributed by atoms with Crippen LogP contribution < -0.4 is 20.9 Å². The van der Waals surface area contributed by atoms with Crippen LogP contribution in [0.2, 0.25) is 5.02 Å². The van der Waals surface area contributed by atoms with E-state index in [0.717, 1.165) is 11.1 Å². The molecule has 1 aliphatic rings. The van der Waals surface area contributed by atoms with Crippen molar-refractivity contribution in [3.05, 3.63) is 52.5 Å². The molecule has 132 valence electrons. The van der Waals surface area contributed by atoms with Gasteiger partial charge in [0.15, 0.2) is 0 Å². The van der Waals surface area contributed by atoms with Crippen LogP contribution in [0.4, 0.5) is 5.69 Å². The van der Waals surface area contributed by atoms with Gasteiger partial charge < -0.3 is 15.2 Å². The maximum Gasteiger partial charge on any atom is 0.243 e. The van der Waals surface area contributed by atoms with Gasteiger partial charge in [-0.25, -0.2) is 10.9 Å². The number of benzene rings is 2. The number of carbonyl (C=O) groups is 1. The number of anilines is 1. The summed E-state index contributed by atoms with van der Waals surface area (Å²) < 4.78 is 5.24.